The van der Waals surface area contributed by atoms with Crippen LogP contribution >= 0.6 is 11.6 Å². The molecule has 0 radical (unpaired) electrons. The summed E-state index contributed by atoms with van der Waals surface area (Å²) in [6.45, 7) is 7.74. The number of phenolic OH excluding ortho intramolecular Hbond substituents is 1. The van der Waals surface area contributed by atoms with Crippen LogP contribution in [0.4, 0.5) is 0 Å². The summed E-state index contributed by atoms with van der Waals surface area (Å²) >= 11 is 6.26. The predicted molar refractivity (Wildman–Crippen MR) is 79.9 cm³/mol. The summed E-state index contributed by atoms with van der Waals surface area (Å²) in [5.41, 5.74) is 10.1. The van der Waals surface area contributed by atoms with Gasteiger partial charge in [-0.05, 0) is 69.0 Å². The molecule has 0 amide bonds. The summed E-state index contributed by atoms with van der Waals surface area (Å²) in [7, 11) is 2.13. The lowest BCUT2D eigenvalue weighted by molar-refractivity contribution is 0.311. The van der Waals surface area contributed by atoms with Gasteiger partial charge in [-0.25, -0.2) is 0 Å². The molecule has 1 saturated heterocycles. The van der Waals surface area contributed by atoms with E-state index in [1.807, 2.05) is 13.8 Å². The van der Waals surface area contributed by atoms with Gasteiger partial charge in [0.25, 0.3) is 0 Å². The lowest BCUT2D eigenvalue weighted by Gasteiger charge is -2.26. The quantitative estimate of drug-likeness (QED) is 0.877. The number of phenols is 1. The number of benzene rings is 1. The van der Waals surface area contributed by atoms with Crippen LogP contribution in [0, 0.1) is 26.7 Å². The van der Waals surface area contributed by atoms with Gasteiger partial charge >= 0.3 is 0 Å². The molecule has 0 aliphatic carbocycles. The Labute approximate surface area is 120 Å². The van der Waals surface area contributed by atoms with Crippen LogP contribution in [0.25, 0.3) is 0 Å². The minimum atomic E-state index is 0.219. The first-order chi connectivity index (χ1) is 8.88. The molecular weight excluding hydrogens is 260 g/mol. The molecule has 1 heterocycles. The van der Waals surface area contributed by atoms with Crippen molar-refractivity contribution in [2.75, 3.05) is 20.1 Å². The van der Waals surface area contributed by atoms with E-state index in [0.717, 1.165) is 36.2 Å². The molecular formula is C15H23ClN2O. The van der Waals surface area contributed by atoms with Crippen LogP contribution in [0.2, 0.25) is 5.02 Å². The first-order valence-corrected chi connectivity index (χ1v) is 7.14. The summed E-state index contributed by atoms with van der Waals surface area (Å²) in [6, 6.07) is 0.352. The fraction of sp³-hybridized carbons (Fsp3) is 0.600. The van der Waals surface area contributed by atoms with Gasteiger partial charge in [0, 0.05) is 12.6 Å². The maximum atomic E-state index is 10.0. The van der Waals surface area contributed by atoms with E-state index in [1.54, 1.807) is 0 Å². The highest BCUT2D eigenvalue weighted by Crippen LogP contribution is 2.43. The average molecular weight is 283 g/mol. The molecule has 19 heavy (non-hydrogen) atoms. The first kappa shape index (κ1) is 14.6. The second kappa shape index (κ2) is 5.31. The molecule has 3 N–H and O–H groups in total. The topological polar surface area (TPSA) is 49.5 Å². The Kier molecular flexibility index (Phi) is 4.09. The molecule has 1 fully saturated rings. The summed E-state index contributed by atoms with van der Waals surface area (Å²) in [4.78, 5) is 2.35. The SMILES string of the molecule is Cc1c(C)c(C2CC(CN)CN2C)c(C)c(Cl)c1O. The van der Waals surface area contributed by atoms with Gasteiger partial charge in [0.15, 0.2) is 0 Å². The maximum Gasteiger partial charge on any atom is 0.137 e. The molecule has 2 rings (SSSR count). The van der Waals surface area contributed by atoms with Gasteiger partial charge in [0.1, 0.15) is 5.75 Å². The second-order valence-electron chi connectivity index (χ2n) is 5.74. The van der Waals surface area contributed by atoms with Crippen molar-refractivity contribution in [2.24, 2.45) is 11.7 Å². The van der Waals surface area contributed by atoms with E-state index in [0.29, 0.717) is 17.0 Å². The van der Waals surface area contributed by atoms with Crippen LogP contribution in [-0.2, 0) is 0 Å². The maximum absolute atomic E-state index is 10.0. The smallest absolute Gasteiger partial charge is 0.137 e. The number of hydrogen-bond acceptors (Lipinski definition) is 3. The highest BCUT2D eigenvalue weighted by atomic mass is 35.5. The minimum Gasteiger partial charge on any atom is -0.506 e. The zero-order chi connectivity index (χ0) is 14.3. The van der Waals surface area contributed by atoms with Crippen LogP contribution in [0.15, 0.2) is 0 Å². The Morgan fingerprint density at radius 3 is 2.42 bits per heavy atom. The van der Waals surface area contributed by atoms with E-state index in [1.165, 1.54) is 5.56 Å². The van der Waals surface area contributed by atoms with Crippen molar-refractivity contribution >= 4 is 11.6 Å². The van der Waals surface area contributed by atoms with Crippen molar-refractivity contribution < 1.29 is 5.11 Å². The average Bonchev–Trinajstić information content (AvgIpc) is 2.76. The molecule has 0 bridgehead atoms. The van der Waals surface area contributed by atoms with Crippen molar-refractivity contribution in [1.29, 1.82) is 0 Å². The number of nitrogens with two attached hydrogens (primary N) is 1. The number of likely N-dealkylation sites (tertiary alicyclic amines) is 1. The summed E-state index contributed by atoms with van der Waals surface area (Å²) in [5.74, 6) is 0.762. The molecule has 3 nitrogen and oxygen atoms in total. The molecule has 1 aromatic carbocycles. The number of aromatic hydroxyl groups is 1. The minimum absolute atomic E-state index is 0.219. The molecule has 2 atom stereocenters. The third-order valence-corrected chi connectivity index (χ3v) is 5.03. The van der Waals surface area contributed by atoms with E-state index in [2.05, 4.69) is 18.9 Å². The van der Waals surface area contributed by atoms with Crippen LogP contribution in [0.1, 0.15) is 34.7 Å². The highest BCUT2D eigenvalue weighted by molar-refractivity contribution is 6.33. The normalized spacial score (nSPS) is 24.1. The van der Waals surface area contributed by atoms with E-state index in [-0.39, 0.29) is 5.75 Å². The number of rotatable bonds is 2. The molecule has 0 saturated carbocycles. The van der Waals surface area contributed by atoms with Crippen molar-refractivity contribution in [2.45, 2.75) is 33.2 Å². The molecule has 2 unspecified atom stereocenters. The second-order valence-corrected chi connectivity index (χ2v) is 6.12. The highest BCUT2D eigenvalue weighted by Gasteiger charge is 2.33. The Morgan fingerprint density at radius 2 is 1.89 bits per heavy atom. The number of hydrogen-bond donors (Lipinski definition) is 2. The van der Waals surface area contributed by atoms with Gasteiger partial charge < -0.3 is 10.8 Å². The first-order valence-electron chi connectivity index (χ1n) is 6.76. The summed E-state index contributed by atoms with van der Waals surface area (Å²) in [6.07, 6.45) is 1.06. The number of halogens is 1. The van der Waals surface area contributed by atoms with E-state index in [4.69, 9.17) is 17.3 Å². The Bertz CT molecular complexity index is 472. The van der Waals surface area contributed by atoms with Crippen molar-refractivity contribution in [3.05, 3.63) is 27.3 Å². The lowest BCUT2D eigenvalue weighted by Crippen LogP contribution is -2.21. The monoisotopic (exact) mass is 282 g/mol. The molecule has 1 aliphatic heterocycles. The van der Waals surface area contributed by atoms with Gasteiger partial charge in [-0.1, -0.05) is 11.6 Å². The Morgan fingerprint density at radius 1 is 1.26 bits per heavy atom. The van der Waals surface area contributed by atoms with Crippen molar-refractivity contribution in [3.63, 3.8) is 0 Å². The Balaban J connectivity index is 2.52. The van der Waals surface area contributed by atoms with E-state index in [9.17, 15) is 5.11 Å². The van der Waals surface area contributed by atoms with Crippen LogP contribution in [0.5, 0.6) is 5.75 Å². The van der Waals surface area contributed by atoms with Gasteiger partial charge in [-0.2, -0.15) is 0 Å². The molecule has 0 spiro atoms. The molecule has 106 valence electrons. The third kappa shape index (κ3) is 2.35. The molecule has 1 aromatic rings. The molecule has 0 aromatic heterocycles. The number of nitrogens with zero attached hydrogens (tertiary/aromatic N) is 1. The van der Waals surface area contributed by atoms with E-state index < -0.39 is 0 Å². The fourth-order valence-corrected chi connectivity index (χ4v) is 3.48. The largest absolute Gasteiger partial charge is 0.506 e. The van der Waals surface area contributed by atoms with Crippen LogP contribution in [0.3, 0.4) is 0 Å². The van der Waals surface area contributed by atoms with Gasteiger partial charge in [0.05, 0.1) is 5.02 Å². The van der Waals surface area contributed by atoms with Gasteiger partial charge in [-0.3, -0.25) is 4.90 Å². The standard InChI is InChI=1S/C15H23ClN2O/c1-8-9(2)15(19)14(16)10(3)13(8)12-5-11(6-17)7-18(12)4/h11-12,19H,5-7,17H2,1-4H3. The molecule has 1 aliphatic rings. The van der Waals surface area contributed by atoms with Crippen LogP contribution in [-0.4, -0.2) is 30.1 Å². The van der Waals surface area contributed by atoms with Crippen molar-refractivity contribution in [3.8, 4) is 5.75 Å². The zero-order valence-electron chi connectivity index (χ0n) is 12.1. The van der Waals surface area contributed by atoms with E-state index >= 15 is 0 Å². The fourth-order valence-electron chi connectivity index (χ4n) is 3.23. The Hall–Kier alpha value is -0.770. The van der Waals surface area contributed by atoms with Crippen molar-refractivity contribution in [1.82, 2.24) is 4.90 Å². The predicted octanol–water partition coefficient (Wildman–Crippen LogP) is 2.92. The van der Waals surface area contributed by atoms with Crippen LogP contribution < -0.4 is 5.73 Å². The lowest BCUT2D eigenvalue weighted by atomic mass is 9.89. The van der Waals surface area contributed by atoms with Gasteiger partial charge in [-0.15, -0.1) is 0 Å². The summed E-state index contributed by atoms with van der Waals surface area (Å²) in [5, 5.41) is 10.5. The molecule has 4 heteroatoms. The van der Waals surface area contributed by atoms with Gasteiger partial charge in [0.2, 0.25) is 0 Å². The summed E-state index contributed by atoms with van der Waals surface area (Å²) < 4.78 is 0. The third-order valence-electron chi connectivity index (χ3n) is 4.56. The zero-order valence-corrected chi connectivity index (χ0v) is 12.9.